The summed E-state index contributed by atoms with van der Waals surface area (Å²) >= 11 is 12.6. The third-order valence-corrected chi connectivity index (χ3v) is 12.0. The van der Waals surface area contributed by atoms with Crippen molar-refractivity contribution in [2.24, 2.45) is 0 Å². The van der Waals surface area contributed by atoms with E-state index in [0.717, 1.165) is 19.4 Å². The summed E-state index contributed by atoms with van der Waals surface area (Å²) < 4.78 is 76.0. The molecule has 1 aliphatic heterocycles. The Balaban J connectivity index is 1.33. The van der Waals surface area contributed by atoms with Gasteiger partial charge in [-0.15, -0.1) is 0 Å². The molecule has 0 amide bonds. The lowest BCUT2D eigenvalue weighted by molar-refractivity contribution is -0.0249. The number of hydrogen-bond acceptors (Lipinski definition) is 8. The van der Waals surface area contributed by atoms with Crippen molar-refractivity contribution in [1.82, 2.24) is 8.28 Å². The van der Waals surface area contributed by atoms with Gasteiger partial charge in [0.15, 0.2) is 5.69 Å². The minimum absolute atomic E-state index is 0.0260. The Morgan fingerprint density at radius 2 is 1.60 bits per heavy atom. The van der Waals surface area contributed by atoms with Crippen molar-refractivity contribution in [2.45, 2.75) is 22.8 Å². The molecule has 0 aliphatic carbocycles. The second-order valence-corrected chi connectivity index (χ2v) is 15.3. The number of ether oxygens (including phenoxy) is 3. The van der Waals surface area contributed by atoms with Crippen LogP contribution in [0.5, 0.6) is 5.75 Å². The van der Waals surface area contributed by atoms with Gasteiger partial charge in [-0.05, 0) is 61.0 Å². The van der Waals surface area contributed by atoms with Crippen LogP contribution >= 0.6 is 23.2 Å². The molecule has 14 heteroatoms. The predicted molar refractivity (Wildman–Crippen MR) is 183 cm³/mol. The van der Waals surface area contributed by atoms with Crippen LogP contribution < -0.4 is 4.74 Å². The lowest BCUT2D eigenvalue weighted by Gasteiger charge is -2.32. The number of sulfonamides is 1. The summed E-state index contributed by atoms with van der Waals surface area (Å²) in [7, 11) is -9.01. The number of fused-ring (bicyclic) bond motifs is 1. The Kier molecular flexibility index (Phi) is 9.84. The number of halogens is 2. The number of morpholine rings is 1. The molecule has 4 aromatic carbocycles. The average molecular weight is 730 g/mol. The number of rotatable bonds is 10. The molecule has 1 atom stereocenters. The molecule has 10 nitrogen and oxygen atoms in total. The summed E-state index contributed by atoms with van der Waals surface area (Å²) in [4.78, 5) is 12.9. The molecular formula is C34H30Cl2N2O8S2. The summed E-state index contributed by atoms with van der Waals surface area (Å²) in [5.41, 5.74) is 1.10. The van der Waals surface area contributed by atoms with E-state index in [1.165, 1.54) is 42.5 Å². The fraction of sp³-hybridized carbons (Fsp3) is 0.206. The van der Waals surface area contributed by atoms with Gasteiger partial charge in [-0.25, -0.2) is 25.6 Å². The van der Waals surface area contributed by atoms with E-state index < -0.39 is 42.7 Å². The van der Waals surface area contributed by atoms with E-state index >= 15 is 0 Å². The molecule has 1 aromatic heterocycles. The maximum atomic E-state index is 14.5. The van der Waals surface area contributed by atoms with Gasteiger partial charge in [0.25, 0.3) is 10.0 Å². The van der Waals surface area contributed by atoms with E-state index in [0.29, 0.717) is 10.8 Å². The van der Waals surface area contributed by atoms with Crippen LogP contribution in [0.1, 0.15) is 17.4 Å². The number of carbonyl (C=O) groups is 1. The molecule has 0 bridgehead atoms. The molecule has 0 radical (unpaired) electrons. The van der Waals surface area contributed by atoms with Gasteiger partial charge in [-0.1, -0.05) is 71.7 Å². The molecule has 1 fully saturated rings. The first-order chi connectivity index (χ1) is 23.0. The SMILES string of the molecule is CCOC(=O)c1c(S(=O)(=O)N2CCO[C@H](COc3ccc(-c4ccccc4Cl)cc3)C2)c2cc(Cl)ccc2n1S(=O)(=O)c1ccccc1. The van der Waals surface area contributed by atoms with Crippen molar-refractivity contribution in [3.8, 4) is 16.9 Å². The van der Waals surface area contributed by atoms with Crippen molar-refractivity contribution < 1.29 is 35.8 Å². The van der Waals surface area contributed by atoms with E-state index in [1.807, 2.05) is 36.4 Å². The minimum atomic E-state index is -4.54. The fourth-order valence-electron chi connectivity index (χ4n) is 5.55. The molecule has 6 rings (SSSR count). The summed E-state index contributed by atoms with van der Waals surface area (Å²) in [6.07, 6.45) is -0.673. The zero-order valence-corrected chi connectivity index (χ0v) is 28.7. The average Bonchev–Trinajstić information content (AvgIpc) is 3.45. The van der Waals surface area contributed by atoms with Crippen LogP contribution in [0.15, 0.2) is 107 Å². The Morgan fingerprint density at radius 1 is 0.896 bits per heavy atom. The van der Waals surface area contributed by atoms with Crippen LogP contribution in [0, 0.1) is 0 Å². The van der Waals surface area contributed by atoms with Crippen molar-refractivity contribution in [2.75, 3.05) is 32.9 Å². The van der Waals surface area contributed by atoms with E-state index in [-0.39, 0.29) is 53.7 Å². The number of hydrogen-bond donors (Lipinski definition) is 0. The van der Waals surface area contributed by atoms with Crippen molar-refractivity contribution in [1.29, 1.82) is 0 Å². The van der Waals surface area contributed by atoms with E-state index in [4.69, 9.17) is 37.4 Å². The van der Waals surface area contributed by atoms with Gasteiger partial charge in [-0.2, -0.15) is 4.31 Å². The van der Waals surface area contributed by atoms with Gasteiger partial charge >= 0.3 is 5.97 Å². The van der Waals surface area contributed by atoms with Gasteiger partial charge in [0.2, 0.25) is 10.0 Å². The highest BCUT2D eigenvalue weighted by Gasteiger charge is 2.41. The minimum Gasteiger partial charge on any atom is -0.491 e. The lowest BCUT2D eigenvalue weighted by atomic mass is 10.1. The predicted octanol–water partition coefficient (Wildman–Crippen LogP) is 6.50. The first-order valence-electron chi connectivity index (χ1n) is 14.9. The van der Waals surface area contributed by atoms with Gasteiger partial charge in [0.05, 0.1) is 23.6 Å². The smallest absolute Gasteiger partial charge is 0.357 e. The summed E-state index contributed by atoms with van der Waals surface area (Å²) in [6, 6.07) is 26.3. The Labute approximate surface area is 288 Å². The monoisotopic (exact) mass is 728 g/mol. The molecule has 2 heterocycles. The summed E-state index contributed by atoms with van der Waals surface area (Å²) in [5.74, 6) is -0.570. The molecule has 250 valence electrons. The molecule has 0 unspecified atom stereocenters. The molecule has 48 heavy (non-hydrogen) atoms. The van der Waals surface area contributed by atoms with Crippen LogP contribution in [-0.2, 0) is 29.5 Å². The number of benzene rings is 4. The van der Waals surface area contributed by atoms with E-state index in [9.17, 15) is 21.6 Å². The number of carbonyl (C=O) groups excluding carboxylic acids is 1. The zero-order chi connectivity index (χ0) is 34.1. The van der Waals surface area contributed by atoms with E-state index in [2.05, 4.69) is 0 Å². The highest BCUT2D eigenvalue weighted by Crippen LogP contribution is 2.38. The quantitative estimate of drug-likeness (QED) is 0.150. The Bertz CT molecular complexity index is 2190. The van der Waals surface area contributed by atoms with Gasteiger partial charge in [0.1, 0.15) is 23.4 Å². The normalized spacial score (nSPS) is 15.8. The summed E-state index contributed by atoms with van der Waals surface area (Å²) in [6.45, 7) is 1.31. The van der Waals surface area contributed by atoms with Crippen LogP contribution in [0.3, 0.4) is 0 Å². The number of aromatic nitrogens is 1. The largest absolute Gasteiger partial charge is 0.491 e. The van der Waals surface area contributed by atoms with Gasteiger partial charge in [0, 0.05) is 34.1 Å². The van der Waals surface area contributed by atoms with Crippen LogP contribution in [0.2, 0.25) is 10.0 Å². The van der Waals surface area contributed by atoms with Crippen molar-refractivity contribution >= 4 is 60.1 Å². The number of esters is 1. The molecule has 1 saturated heterocycles. The first kappa shape index (κ1) is 34.0. The summed E-state index contributed by atoms with van der Waals surface area (Å²) in [5, 5.41) is 0.734. The first-order valence-corrected chi connectivity index (χ1v) is 18.6. The van der Waals surface area contributed by atoms with E-state index in [1.54, 1.807) is 25.1 Å². The number of nitrogens with zero attached hydrogens (tertiary/aromatic N) is 2. The molecule has 1 aliphatic rings. The molecule has 5 aromatic rings. The molecule has 0 saturated carbocycles. The maximum absolute atomic E-state index is 14.5. The third-order valence-electron chi connectivity index (χ3n) is 7.76. The van der Waals surface area contributed by atoms with Crippen LogP contribution in [-0.4, -0.2) is 70.1 Å². The molecule has 0 spiro atoms. The fourth-order valence-corrected chi connectivity index (χ4v) is 9.35. The topological polar surface area (TPSA) is 121 Å². The highest BCUT2D eigenvalue weighted by molar-refractivity contribution is 7.91. The van der Waals surface area contributed by atoms with Crippen molar-refractivity contribution in [3.05, 3.63) is 113 Å². The van der Waals surface area contributed by atoms with Crippen LogP contribution in [0.25, 0.3) is 22.0 Å². The standard InChI is InChI=1S/C34H30Cl2N2O8S2/c1-2-44-34(39)32-33(29-20-24(35)14-17-31(29)38(32)47(40,41)27-8-4-3-5-9-27)48(42,43)37-18-19-45-26(21-37)22-46-25-15-12-23(13-16-25)28-10-6-7-11-30(28)36/h3-17,20,26H,2,18-19,21-22H2,1H3/t26-/m0/s1. The maximum Gasteiger partial charge on any atom is 0.357 e. The van der Waals surface area contributed by atoms with Gasteiger partial charge < -0.3 is 14.2 Å². The lowest BCUT2D eigenvalue weighted by Crippen LogP contribution is -2.47. The molecule has 0 N–H and O–H groups in total. The van der Waals surface area contributed by atoms with Crippen molar-refractivity contribution in [3.63, 3.8) is 0 Å². The zero-order valence-electron chi connectivity index (χ0n) is 25.6. The Hall–Kier alpha value is -3.91. The Morgan fingerprint density at radius 3 is 2.31 bits per heavy atom. The second-order valence-electron chi connectivity index (χ2n) is 10.8. The third kappa shape index (κ3) is 6.56. The second kappa shape index (κ2) is 13.9. The highest BCUT2D eigenvalue weighted by atomic mass is 35.5. The molecular weight excluding hydrogens is 699 g/mol. The van der Waals surface area contributed by atoms with Gasteiger partial charge in [-0.3, -0.25) is 0 Å². The van der Waals surface area contributed by atoms with Crippen LogP contribution in [0.4, 0.5) is 0 Å².